The first-order valence-electron chi connectivity index (χ1n) is 3.28. The Morgan fingerprint density at radius 3 is 1.82 bits per heavy atom. The van der Waals surface area contributed by atoms with Crippen molar-refractivity contribution in [2.75, 3.05) is 0 Å². The molecule has 0 amide bonds. The lowest BCUT2D eigenvalue weighted by Crippen LogP contribution is -1.94. The number of hydrogen-bond donors (Lipinski definition) is 2. The van der Waals surface area contributed by atoms with Gasteiger partial charge < -0.3 is 11.5 Å². The lowest BCUT2D eigenvalue weighted by atomic mass is 10.4. The zero-order valence-corrected chi connectivity index (χ0v) is 9.33. The van der Waals surface area contributed by atoms with E-state index in [4.69, 9.17) is 23.1 Å². The van der Waals surface area contributed by atoms with Crippen LogP contribution in [-0.2, 0) is 0 Å². The highest BCUT2D eigenvalue weighted by Gasteiger charge is 1.89. The minimum atomic E-state index is 0.215. The average molecular weight is 242 g/mol. The predicted octanol–water partition coefficient (Wildman–Crippen LogP) is 2.64. The fourth-order valence-electron chi connectivity index (χ4n) is 0.235. The lowest BCUT2D eigenvalue weighted by Gasteiger charge is -1.92. The third kappa shape index (κ3) is 9.85. The predicted molar refractivity (Wildman–Crippen MR) is 55.3 cm³/mol. The van der Waals surface area contributed by atoms with Crippen molar-refractivity contribution < 1.29 is 0 Å². The van der Waals surface area contributed by atoms with Crippen molar-refractivity contribution in [2.24, 2.45) is 11.5 Å². The van der Waals surface area contributed by atoms with Crippen molar-refractivity contribution in [3.8, 4) is 0 Å². The van der Waals surface area contributed by atoms with Crippen LogP contribution in [0.15, 0.2) is 21.4 Å². The summed E-state index contributed by atoms with van der Waals surface area (Å²) >= 11 is 8.49. The van der Waals surface area contributed by atoms with E-state index in [-0.39, 0.29) is 5.16 Å². The number of hydrogen-bond acceptors (Lipinski definition) is 2. The number of halogens is 2. The topological polar surface area (TPSA) is 52.0 Å². The van der Waals surface area contributed by atoms with Gasteiger partial charge in [-0.05, 0) is 28.9 Å². The molecule has 0 aromatic heterocycles. The van der Waals surface area contributed by atoms with Gasteiger partial charge in [-0.15, -0.1) is 0 Å². The molecule has 0 radical (unpaired) electrons. The van der Waals surface area contributed by atoms with Crippen LogP contribution in [-0.4, -0.2) is 0 Å². The molecular weight excluding hydrogens is 227 g/mol. The second kappa shape index (κ2) is 7.95. The van der Waals surface area contributed by atoms with Crippen molar-refractivity contribution in [1.29, 1.82) is 0 Å². The molecule has 2 nitrogen and oxygen atoms in total. The fourth-order valence-corrected chi connectivity index (χ4v) is 0.722. The van der Waals surface area contributed by atoms with Gasteiger partial charge in [-0.2, -0.15) is 0 Å². The Morgan fingerprint density at radius 1 is 1.36 bits per heavy atom. The van der Waals surface area contributed by atoms with Gasteiger partial charge in [-0.3, -0.25) is 0 Å². The molecule has 0 aromatic rings. The molecule has 0 spiro atoms. The Labute approximate surface area is 81.4 Å². The van der Waals surface area contributed by atoms with E-state index in [1.165, 1.54) is 6.08 Å². The largest absolute Gasteiger partial charge is 0.401 e. The van der Waals surface area contributed by atoms with Gasteiger partial charge in [-0.1, -0.05) is 25.4 Å². The van der Waals surface area contributed by atoms with Gasteiger partial charge in [0, 0.05) is 10.2 Å². The van der Waals surface area contributed by atoms with Crippen LogP contribution in [0.1, 0.15) is 20.8 Å². The van der Waals surface area contributed by atoms with Crippen LogP contribution in [0.4, 0.5) is 0 Å². The van der Waals surface area contributed by atoms with Gasteiger partial charge in [0.2, 0.25) is 0 Å². The first kappa shape index (κ1) is 13.4. The molecule has 0 aliphatic rings. The van der Waals surface area contributed by atoms with Crippen LogP contribution in [0.5, 0.6) is 0 Å². The summed E-state index contributed by atoms with van der Waals surface area (Å²) in [7, 11) is 0. The molecule has 0 saturated heterocycles. The second-order valence-electron chi connectivity index (χ2n) is 1.56. The molecule has 11 heavy (non-hydrogen) atoms. The highest BCUT2D eigenvalue weighted by Crippen LogP contribution is 2.11. The van der Waals surface area contributed by atoms with E-state index < -0.39 is 0 Å². The monoisotopic (exact) mass is 240 g/mol. The third-order valence-corrected chi connectivity index (χ3v) is 1.60. The number of rotatable bonds is 1. The molecule has 0 aliphatic heterocycles. The average Bonchev–Trinajstić information content (AvgIpc) is 1.90. The van der Waals surface area contributed by atoms with Gasteiger partial charge in [-0.25, -0.2) is 0 Å². The minimum Gasteiger partial charge on any atom is -0.401 e. The van der Waals surface area contributed by atoms with E-state index in [1.807, 2.05) is 13.8 Å². The Balaban J connectivity index is 0. The highest BCUT2D eigenvalue weighted by molar-refractivity contribution is 9.11. The maximum absolute atomic E-state index is 5.36. The maximum Gasteiger partial charge on any atom is 0.100 e. The van der Waals surface area contributed by atoms with Gasteiger partial charge in [0.05, 0.1) is 0 Å². The Kier molecular flexibility index (Phi) is 9.72. The van der Waals surface area contributed by atoms with Crippen molar-refractivity contribution >= 4 is 27.5 Å². The molecule has 0 unspecified atom stereocenters. The lowest BCUT2D eigenvalue weighted by molar-refractivity contribution is 1.30. The molecule has 0 saturated carbocycles. The molecular formula is C7H14BrClN2. The quantitative estimate of drug-likeness (QED) is 0.548. The summed E-state index contributed by atoms with van der Waals surface area (Å²) in [6.45, 7) is 5.75. The molecule has 0 heterocycles. The maximum atomic E-state index is 5.36. The molecule has 0 fully saturated rings. The second-order valence-corrected chi connectivity index (χ2v) is 2.85. The normalized spacial score (nSPS) is 13.0. The van der Waals surface area contributed by atoms with Gasteiger partial charge in [0.1, 0.15) is 5.16 Å². The zero-order valence-electron chi connectivity index (χ0n) is 6.99. The Bertz CT molecular complexity index is 156. The molecule has 4 N–H and O–H groups in total. The molecule has 0 rings (SSSR count). The number of allylic oxidation sites excluding steroid dienone is 3. The van der Waals surface area contributed by atoms with E-state index in [9.17, 15) is 0 Å². The first-order valence-corrected chi connectivity index (χ1v) is 4.45. The van der Waals surface area contributed by atoms with Crippen molar-refractivity contribution in [3.05, 3.63) is 21.4 Å². The molecule has 66 valence electrons. The summed E-state index contributed by atoms with van der Waals surface area (Å²) < 4.78 is 0.718. The summed E-state index contributed by atoms with van der Waals surface area (Å²) in [5.74, 6) is 0. The van der Waals surface area contributed by atoms with Gasteiger partial charge in [0.15, 0.2) is 0 Å². The standard InChI is InChI=1S/C5H8BrClN2.C2H6/c1-3(8)4(6)2-5(7)9;1-2/h2H,8-9H2,1H3;1-2H3/b4-3+,5-2-;. The van der Waals surface area contributed by atoms with Gasteiger partial charge in [0.25, 0.3) is 0 Å². The Hall–Kier alpha value is -0.150. The van der Waals surface area contributed by atoms with E-state index in [1.54, 1.807) is 6.92 Å². The zero-order chi connectivity index (χ0) is 9.44. The molecule has 0 aliphatic carbocycles. The summed E-state index contributed by atoms with van der Waals surface area (Å²) in [5.41, 5.74) is 11.1. The summed E-state index contributed by atoms with van der Waals surface area (Å²) in [6, 6.07) is 0. The van der Waals surface area contributed by atoms with Crippen LogP contribution in [0.25, 0.3) is 0 Å². The Morgan fingerprint density at radius 2 is 1.73 bits per heavy atom. The first-order chi connectivity index (χ1) is 5.04. The van der Waals surface area contributed by atoms with Crippen LogP contribution >= 0.6 is 27.5 Å². The summed E-state index contributed by atoms with van der Waals surface area (Å²) in [6.07, 6.45) is 1.54. The summed E-state index contributed by atoms with van der Waals surface area (Å²) in [5, 5.41) is 0.215. The molecule has 0 bridgehead atoms. The van der Waals surface area contributed by atoms with Crippen LogP contribution in [0.3, 0.4) is 0 Å². The van der Waals surface area contributed by atoms with E-state index in [0.29, 0.717) is 5.70 Å². The van der Waals surface area contributed by atoms with Crippen LogP contribution in [0, 0.1) is 0 Å². The molecule has 0 aromatic carbocycles. The van der Waals surface area contributed by atoms with Crippen molar-refractivity contribution in [3.63, 3.8) is 0 Å². The van der Waals surface area contributed by atoms with Crippen LogP contribution in [0.2, 0.25) is 0 Å². The van der Waals surface area contributed by atoms with E-state index >= 15 is 0 Å². The van der Waals surface area contributed by atoms with Gasteiger partial charge >= 0.3 is 0 Å². The van der Waals surface area contributed by atoms with Crippen molar-refractivity contribution in [2.45, 2.75) is 20.8 Å². The van der Waals surface area contributed by atoms with Crippen molar-refractivity contribution in [1.82, 2.24) is 0 Å². The van der Waals surface area contributed by atoms with E-state index in [2.05, 4.69) is 15.9 Å². The number of nitrogens with two attached hydrogens (primary N) is 2. The van der Waals surface area contributed by atoms with E-state index in [0.717, 1.165) is 4.48 Å². The molecule has 4 heteroatoms. The smallest absolute Gasteiger partial charge is 0.100 e. The van der Waals surface area contributed by atoms with Crippen LogP contribution < -0.4 is 11.5 Å². The highest BCUT2D eigenvalue weighted by atomic mass is 79.9. The SMILES string of the molecule is C/C(N)=C(Br)/C=C(\N)Cl.CC. The third-order valence-electron chi connectivity index (χ3n) is 0.641. The summed E-state index contributed by atoms with van der Waals surface area (Å²) in [4.78, 5) is 0. The minimum absolute atomic E-state index is 0.215. The molecule has 0 atom stereocenters. The fraction of sp³-hybridized carbons (Fsp3) is 0.429.